The van der Waals surface area contributed by atoms with Crippen LogP contribution in [0.25, 0.3) is 0 Å². The summed E-state index contributed by atoms with van der Waals surface area (Å²) in [5.74, 6) is -0.407. The van der Waals surface area contributed by atoms with Gasteiger partial charge in [-0.15, -0.1) is 0 Å². The highest BCUT2D eigenvalue weighted by Gasteiger charge is 2.00. The van der Waals surface area contributed by atoms with Crippen LogP contribution in [0, 0.1) is 0 Å². The summed E-state index contributed by atoms with van der Waals surface area (Å²) in [6.45, 7) is 0. The lowest BCUT2D eigenvalue weighted by Gasteiger charge is -1.82. The summed E-state index contributed by atoms with van der Waals surface area (Å²) in [5, 5.41) is 0. The molecule has 7 nitrogen and oxygen atoms in total. The molecule has 0 aliphatic rings. The van der Waals surface area contributed by atoms with E-state index in [9.17, 15) is 4.79 Å². The molecule has 64 valence electrons. The first-order chi connectivity index (χ1) is 4.89. The molecule has 11 heavy (non-hydrogen) atoms. The molecule has 0 amide bonds. The van der Waals surface area contributed by atoms with Gasteiger partial charge in [-0.1, -0.05) is 0 Å². The van der Waals surface area contributed by atoms with Crippen molar-refractivity contribution in [3.63, 3.8) is 0 Å². The largest absolute Gasteiger partial charge is 0.466 e. The topological polar surface area (TPSA) is 124 Å². The van der Waals surface area contributed by atoms with Gasteiger partial charge < -0.3 is 19.1 Å². The fourth-order valence-corrected chi connectivity index (χ4v) is 0.232. The number of hydrogen-bond acceptors (Lipinski definition) is 3. The molecular weight excluding hydrogens is 177 g/mol. The van der Waals surface area contributed by atoms with Crippen molar-refractivity contribution < 1.29 is 23.7 Å². The van der Waals surface area contributed by atoms with Crippen molar-refractivity contribution in [2.24, 2.45) is 0 Å². The molecule has 0 radical (unpaired) electrons. The Morgan fingerprint density at radius 2 is 1.91 bits per heavy atom. The van der Waals surface area contributed by atoms with Crippen LogP contribution in [0.1, 0.15) is 0 Å². The van der Waals surface area contributed by atoms with Gasteiger partial charge in [-0.3, -0.25) is 4.98 Å². The van der Waals surface area contributed by atoms with Gasteiger partial charge in [-0.2, -0.15) is 0 Å². The fourth-order valence-electron chi connectivity index (χ4n) is 0.232. The molecule has 0 fully saturated rings. The molecule has 0 saturated carbocycles. The van der Waals surface area contributed by atoms with Crippen molar-refractivity contribution in [2.45, 2.75) is 0 Å². The first kappa shape index (κ1) is 10.1. The van der Waals surface area contributed by atoms with Gasteiger partial charge in [-0.05, 0) is 0 Å². The van der Waals surface area contributed by atoms with Crippen molar-refractivity contribution in [3.05, 3.63) is 23.0 Å². The van der Waals surface area contributed by atoms with Gasteiger partial charge in [0.2, 0.25) is 0 Å². The van der Waals surface area contributed by atoms with E-state index in [4.69, 9.17) is 19.2 Å². The molecule has 0 atom stereocenters. The number of H-pyrrole nitrogens is 1. The maximum absolute atomic E-state index is 9.85. The lowest BCUT2D eigenvalue weighted by Crippen LogP contribution is -1.91. The summed E-state index contributed by atoms with van der Waals surface area (Å²) in [5.41, 5.74) is 0. The molecule has 1 aromatic rings. The maximum Gasteiger partial charge on any atom is 0.466 e. The van der Waals surface area contributed by atoms with E-state index in [0.717, 1.165) is 0 Å². The highest BCUT2D eigenvalue weighted by atomic mass is 31.2. The molecule has 1 aromatic heterocycles. The molecule has 0 unspecified atom stereocenters. The Hall–Kier alpha value is -0.880. The Bertz CT molecular complexity index is 257. The number of aromatic nitrogens is 1. The molecule has 0 saturated heterocycles. The molecule has 0 bridgehead atoms. The van der Waals surface area contributed by atoms with Gasteiger partial charge >= 0.3 is 13.6 Å². The van der Waals surface area contributed by atoms with Crippen molar-refractivity contribution in [2.75, 3.05) is 0 Å². The normalized spacial score (nSPS) is 10.1. The Morgan fingerprint density at radius 3 is 2.00 bits per heavy atom. The number of oxazole rings is 1. The summed E-state index contributed by atoms with van der Waals surface area (Å²) < 4.78 is 13.1. The van der Waals surface area contributed by atoms with Gasteiger partial charge in [0.1, 0.15) is 6.26 Å². The van der Waals surface area contributed by atoms with E-state index in [1.165, 1.54) is 12.5 Å². The fraction of sp³-hybridized carbons (Fsp3) is 0. The molecule has 8 heteroatoms. The van der Waals surface area contributed by atoms with Gasteiger partial charge in [-0.25, -0.2) is 9.36 Å². The van der Waals surface area contributed by atoms with E-state index >= 15 is 0 Å². The lowest BCUT2D eigenvalue weighted by molar-refractivity contribution is 0.275. The number of rotatable bonds is 0. The predicted octanol–water partition coefficient (Wildman–Crippen LogP) is -0.961. The summed E-state index contributed by atoms with van der Waals surface area (Å²) in [4.78, 5) is 33.7. The smallest absolute Gasteiger partial charge is 0.417 e. The van der Waals surface area contributed by atoms with Crippen molar-refractivity contribution >= 4 is 7.82 Å². The second-order valence-electron chi connectivity index (χ2n) is 1.37. The molecule has 0 aliphatic carbocycles. The first-order valence-electron chi connectivity index (χ1n) is 2.30. The van der Waals surface area contributed by atoms with Crippen molar-refractivity contribution in [3.8, 4) is 0 Å². The monoisotopic (exact) mass is 183 g/mol. The second-order valence-corrected chi connectivity index (χ2v) is 2.39. The number of phosphoric acid groups is 1. The van der Waals surface area contributed by atoms with Crippen LogP contribution in [0.4, 0.5) is 0 Å². The zero-order valence-corrected chi connectivity index (χ0v) is 6.06. The van der Waals surface area contributed by atoms with E-state index in [2.05, 4.69) is 9.40 Å². The Morgan fingerprint density at radius 1 is 1.45 bits per heavy atom. The van der Waals surface area contributed by atoms with E-state index in [-0.39, 0.29) is 0 Å². The van der Waals surface area contributed by atoms with E-state index in [0.29, 0.717) is 0 Å². The minimum Gasteiger partial charge on any atom is -0.417 e. The SMILES string of the molecule is O=P(O)(O)O.O=c1[nH]cco1. The van der Waals surface area contributed by atoms with Gasteiger partial charge in [0.05, 0.1) is 0 Å². The second kappa shape index (κ2) is 4.09. The summed E-state index contributed by atoms with van der Waals surface area (Å²) in [6.07, 6.45) is 2.73. The third-order valence-corrected chi connectivity index (χ3v) is 0.444. The molecular formula is C3H6NO6P. The third kappa shape index (κ3) is 12.3. The van der Waals surface area contributed by atoms with Crippen molar-refractivity contribution in [1.29, 1.82) is 0 Å². The Kier molecular flexibility index (Phi) is 3.77. The zero-order valence-electron chi connectivity index (χ0n) is 5.17. The Balaban J connectivity index is 0.000000187. The quantitative estimate of drug-likeness (QED) is 0.384. The molecule has 1 heterocycles. The van der Waals surface area contributed by atoms with Gasteiger partial charge in [0.25, 0.3) is 0 Å². The van der Waals surface area contributed by atoms with Crippen LogP contribution in [-0.4, -0.2) is 19.7 Å². The molecule has 1 rings (SSSR count). The molecule has 0 aliphatic heterocycles. The van der Waals surface area contributed by atoms with Crippen LogP contribution in [0.15, 0.2) is 21.7 Å². The molecule has 0 aromatic carbocycles. The van der Waals surface area contributed by atoms with Gasteiger partial charge in [0, 0.05) is 6.20 Å². The van der Waals surface area contributed by atoms with E-state index in [1.807, 2.05) is 0 Å². The number of nitrogens with one attached hydrogen (secondary N) is 1. The highest BCUT2D eigenvalue weighted by Crippen LogP contribution is 2.25. The van der Waals surface area contributed by atoms with Gasteiger partial charge in [0.15, 0.2) is 0 Å². The third-order valence-electron chi connectivity index (χ3n) is 0.444. The van der Waals surface area contributed by atoms with Crippen LogP contribution in [0.5, 0.6) is 0 Å². The van der Waals surface area contributed by atoms with E-state index < -0.39 is 13.6 Å². The highest BCUT2D eigenvalue weighted by molar-refractivity contribution is 7.45. The van der Waals surface area contributed by atoms with Crippen LogP contribution >= 0.6 is 7.82 Å². The van der Waals surface area contributed by atoms with Crippen LogP contribution in [-0.2, 0) is 4.57 Å². The predicted molar refractivity (Wildman–Crippen MR) is 33.6 cm³/mol. The average molecular weight is 183 g/mol. The maximum atomic E-state index is 9.85. The van der Waals surface area contributed by atoms with Crippen molar-refractivity contribution in [1.82, 2.24) is 4.98 Å². The molecule has 0 spiro atoms. The summed E-state index contributed by atoms with van der Waals surface area (Å²) in [6, 6.07) is 0. The molecule has 4 N–H and O–H groups in total. The summed E-state index contributed by atoms with van der Waals surface area (Å²) >= 11 is 0. The first-order valence-corrected chi connectivity index (χ1v) is 3.86. The minimum absolute atomic E-state index is 0.407. The van der Waals surface area contributed by atoms with Crippen LogP contribution < -0.4 is 5.76 Å². The van der Waals surface area contributed by atoms with Crippen LogP contribution in [0.2, 0.25) is 0 Å². The van der Waals surface area contributed by atoms with Crippen LogP contribution in [0.3, 0.4) is 0 Å². The number of aromatic amines is 1. The van der Waals surface area contributed by atoms with E-state index in [1.54, 1.807) is 0 Å². The zero-order chi connectivity index (χ0) is 8.91. The average Bonchev–Trinajstić information content (AvgIpc) is 2.12. The lowest BCUT2D eigenvalue weighted by atomic mass is 11.0. The minimum atomic E-state index is -4.64. The summed E-state index contributed by atoms with van der Waals surface area (Å²) in [7, 11) is -4.64. The Labute approximate surface area is 60.5 Å². The standard InChI is InChI=1S/C3H3NO2.H3O4P/c5-3-4-1-2-6-3;1-5(2,3)4/h1-2H,(H,4,5);(H3,1,2,3,4). The number of hydrogen-bond donors (Lipinski definition) is 4.